The third-order valence-corrected chi connectivity index (χ3v) is 6.83. The zero-order valence-corrected chi connectivity index (χ0v) is 18.4. The van der Waals surface area contributed by atoms with Gasteiger partial charge in [-0.15, -0.1) is 21.5 Å². The number of thiazole rings is 1. The molecule has 1 saturated carbocycles. The Morgan fingerprint density at radius 3 is 2.83 bits per heavy atom. The first-order valence-corrected chi connectivity index (χ1v) is 11.9. The van der Waals surface area contributed by atoms with E-state index in [0.717, 1.165) is 38.9 Å². The molecule has 0 saturated heterocycles. The molecular weight excluding hydrogens is 440 g/mol. The molecule has 4 aromatic rings. The first-order valence-electron chi connectivity index (χ1n) is 9.64. The molecule has 0 amide bonds. The van der Waals surface area contributed by atoms with Crippen molar-refractivity contribution < 1.29 is 9.15 Å². The van der Waals surface area contributed by atoms with Crippen LogP contribution in [0.5, 0.6) is 5.75 Å². The van der Waals surface area contributed by atoms with Gasteiger partial charge >= 0.3 is 0 Å². The highest BCUT2D eigenvalue weighted by Crippen LogP contribution is 2.40. The zero-order valence-electron chi connectivity index (χ0n) is 16.0. The Balaban J connectivity index is 1.22. The fourth-order valence-electron chi connectivity index (χ4n) is 3.05. The van der Waals surface area contributed by atoms with Crippen LogP contribution in [0.1, 0.15) is 41.0 Å². The topological polar surface area (TPSA) is 66.0 Å². The van der Waals surface area contributed by atoms with Crippen molar-refractivity contribution in [1.29, 1.82) is 0 Å². The van der Waals surface area contributed by atoms with E-state index in [9.17, 15) is 0 Å². The Morgan fingerprint density at radius 2 is 2.07 bits per heavy atom. The van der Waals surface area contributed by atoms with Crippen LogP contribution in [0.15, 0.2) is 57.6 Å². The second kappa shape index (κ2) is 8.83. The first-order chi connectivity index (χ1) is 14.7. The monoisotopic (exact) mass is 458 g/mol. The number of nitrogens with zero attached hydrogens (tertiary/aromatic N) is 4. The number of hydrogen-bond donors (Lipinski definition) is 0. The molecule has 1 aliphatic carbocycles. The fraction of sp³-hybridized carbons (Fsp3) is 0.286. The van der Waals surface area contributed by atoms with Crippen molar-refractivity contribution in [2.24, 2.45) is 0 Å². The Kier molecular flexibility index (Phi) is 5.79. The van der Waals surface area contributed by atoms with E-state index >= 15 is 0 Å². The molecule has 6 nitrogen and oxygen atoms in total. The van der Waals surface area contributed by atoms with E-state index in [1.54, 1.807) is 29.4 Å². The molecule has 0 bridgehead atoms. The van der Waals surface area contributed by atoms with E-state index in [0.29, 0.717) is 24.1 Å². The van der Waals surface area contributed by atoms with Gasteiger partial charge in [0.05, 0.1) is 18.5 Å². The van der Waals surface area contributed by atoms with Crippen LogP contribution in [0.4, 0.5) is 0 Å². The Morgan fingerprint density at radius 1 is 1.20 bits per heavy atom. The van der Waals surface area contributed by atoms with E-state index in [1.807, 2.05) is 36.4 Å². The fourth-order valence-corrected chi connectivity index (χ4v) is 4.83. The van der Waals surface area contributed by atoms with Gasteiger partial charge in [0.2, 0.25) is 0 Å². The quantitative estimate of drug-likeness (QED) is 0.296. The van der Waals surface area contributed by atoms with Crippen LogP contribution in [0.25, 0.3) is 0 Å². The highest BCUT2D eigenvalue weighted by atomic mass is 35.5. The Bertz CT molecular complexity index is 1100. The molecule has 3 aromatic heterocycles. The second-order valence-electron chi connectivity index (χ2n) is 7.04. The van der Waals surface area contributed by atoms with Gasteiger partial charge in [0, 0.05) is 22.1 Å². The minimum absolute atomic E-state index is 0.442. The summed E-state index contributed by atoms with van der Waals surface area (Å²) in [7, 11) is 0. The zero-order chi connectivity index (χ0) is 20.3. The molecule has 3 heterocycles. The van der Waals surface area contributed by atoms with Gasteiger partial charge < -0.3 is 9.15 Å². The lowest BCUT2D eigenvalue weighted by molar-refractivity contribution is 0.305. The average Bonchev–Trinajstić information content (AvgIpc) is 3.14. The molecular formula is C21H19ClN4O2S2. The van der Waals surface area contributed by atoms with E-state index in [2.05, 4.69) is 25.1 Å². The van der Waals surface area contributed by atoms with E-state index in [1.165, 1.54) is 12.8 Å². The summed E-state index contributed by atoms with van der Waals surface area (Å²) in [6.45, 7) is 1.10. The van der Waals surface area contributed by atoms with Crippen molar-refractivity contribution in [1.82, 2.24) is 19.7 Å². The number of thioether (sulfide) groups is 1. The van der Waals surface area contributed by atoms with E-state index < -0.39 is 0 Å². The lowest BCUT2D eigenvalue weighted by atomic mass is 10.3. The summed E-state index contributed by atoms with van der Waals surface area (Å²) >= 11 is 9.16. The minimum atomic E-state index is 0.442. The number of furan rings is 1. The molecule has 0 N–H and O–H groups in total. The van der Waals surface area contributed by atoms with Crippen LogP contribution < -0.4 is 4.74 Å². The van der Waals surface area contributed by atoms with E-state index in [-0.39, 0.29) is 0 Å². The van der Waals surface area contributed by atoms with Gasteiger partial charge in [-0.25, -0.2) is 4.98 Å². The summed E-state index contributed by atoms with van der Waals surface area (Å²) in [5.74, 6) is 4.01. The number of aromatic nitrogens is 4. The standard InChI is InChI=1S/C21H19ClN4O2S2/c22-15-5-7-17(8-6-15)28-11-19-23-16(12-29-19)13-30-21-25-24-20(14-3-4-14)26(21)10-18-2-1-9-27-18/h1-2,5-9,12,14H,3-4,10-11,13H2. The van der Waals surface area contributed by atoms with Gasteiger partial charge in [0.15, 0.2) is 5.16 Å². The molecule has 0 radical (unpaired) electrons. The normalized spacial score (nSPS) is 13.6. The van der Waals surface area contributed by atoms with Gasteiger partial charge in [-0.05, 0) is 49.2 Å². The highest BCUT2D eigenvalue weighted by molar-refractivity contribution is 7.98. The second-order valence-corrected chi connectivity index (χ2v) is 9.37. The van der Waals surface area contributed by atoms with Crippen molar-refractivity contribution >= 4 is 34.7 Å². The molecule has 0 spiro atoms. The Labute approximate surface area is 187 Å². The van der Waals surface area contributed by atoms with Gasteiger partial charge in [-0.3, -0.25) is 4.57 Å². The van der Waals surface area contributed by atoms with Gasteiger partial charge in [-0.2, -0.15) is 0 Å². The van der Waals surface area contributed by atoms with Crippen LogP contribution in [-0.2, 0) is 18.9 Å². The van der Waals surface area contributed by atoms with Crippen molar-refractivity contribution in [3.63, 3.8) is 0 Å². The van der Waals surface area contributed by atoms with Gasteiger partial charge in [-0.1, -0.05) is 23.4 Å². The molecule has 0 atom stereocenters. The summed E-state index contributed by atoms with van der Waals surface area (Å²) < 4.78 is 13.5. The molecule has 9 heteroatoms. The maximum Gasteiger partial charge on any atom is 0.192 e. The largest absolute Gasteiger partial charge is 0.486 e. The van der Waals surface area contributed by atoms with Crippen LogP contribution in [-0.4, -0.2) is 19.7 Å². The molecule has 5 rings (SSSR count). The number of rotatable bonds is 9. The molecule has 1 aromatic carbocycles. The average molecular weight is 459 g/mol. The number of hydrogen-bond acceptors (Lipinski definition) is 7. The van der Waals surface area contributed by atoms with Gasteiger partial charge in [0.25, 0.3) is 0 Å². The summed E-state index contributed by atoms with van der Waals surface area (Å²) in [6.07, 6.45) is 4.07. The SMILES string of the molecule is Clc1ccc(OCc2nc(CSc3nnc(C4CC4)n3Cc3ccco3)cs2)cc1. The van der Waals surface area contributed by atoms with Crippen LogP contribution in [0, 0.1) is 0 Å². The number of benzene rings is 1. The minimum Gasteiger partial charge on any atom is -0.486 e. The van der Waals surface area contributed by atoms with Crippen LogP contribution in [0.2, 0.25) is 5.02 Å². The molecule has 0 unspecified atom stereocenters. The summed E-state index contributed by atoms with van der Waals surface area (Å²) in [5, 5.41) is 13.5. The third-order valence-electron chi connectivity index (χ3n) is 4.71. The molecule has 30 heavy (non-hydrogen) atoms. The molecule has 154 valence electrons. The summed E-state index contributed by atoms with van der Waals surface area (Å²) in [6, 6.07) is 11.2. The van der Waals surface area contributed by atoms with Crippen LogP contribution in [0.3, 0.4) is 0 Å². The molecule has 1 aliphatic rings. The van der Waals surface area contributed by atoms with Crippen LogP contribution >= 0.6 is 34.7 Å². The van der Waals surface area contributed by atoms with Crippen molar-refractivity contribution in [3.8, 4) is 5.75 Å². The lowest BCUT2D eigenvalue weighted by Gasteiger charge is -2.07. The molecule has 0 aliphatic heterocycles. The first kappa shape index (κ1) is 19.7. The smallest absolute Gasteiger partial charge is 0.192 e. The summed E-state index contributed by atoms with van der Waals surface area (Å²) in [4.78, 5) is 4.69. The molecule has 1 fully saturated rings. The predicted molar refractivity (Wildman–Crippen MR) is 117 cm³/mol. The van der Waals surface area contributed by atoms with Crippen molar-refractivity contribution in [3.05, 3.63) is 75.4 Å². The lowest BCUT2D eigenvalue weighted by Crippen LogP contribution is -2.05. The third kappa shape index (κ3) is 4.71. The van der Waals surface area contributed by atoms with Gasteiger partial charge in [0.1, 0.15) is 28.9 Å². The summed E-state index contributed by atoms with van der Waals surface area (Å²) in [5.41, 5.74) is 1.01. The highest BCUT2D eigenvalue weighted by Gasteiger charge is 2.30. The Hall–Kier alpha value is -2.29. The van der Waals surface area contributed by atoms with E-state index in [4.69, 9.17) is 20.8 Å². The maximum atomic E-state index is 5.91. The van der Waals surface area contributed by atoms with Crippen molar-refractivity contribution in [2.75, 3.05) is 0 Å². The predicted octanol–water partition coefficient (Wildman–Crippen LogP) is 5.78. The maximum absolute atomic E-state index is 5.91. The number of ether oxygens (including phenoxy) is 1. The van der Waals surface area contributed by atoms with Crippen molar-refractivity contribution in [2.45, 2.75) is 42.8 Å². The number of halogens is 1.